The molecule has 2 aliphatic heterocycles. The third-order valence-electron chi connectivity index (χ3n) is 7.54. The number of aliphatic imine (C=N–C) groups is 1. The molecule has 0 aliphatic carbocycles. The van der Waals surface area contributed by atoms with Crippen LogP contribution in [0.15, 0.2) is 77.8 Å². The van der Waals surface area contributed by atoms with Crippen LogP contribution in [0, 0.1) is 0 Å². The number of alkyl halides is 5. The second-order valence-corrected chi connectivity index (χ2v) is 12.4. The molecule has 0 spiro atoms. The molecule has 0 saturated carbocycles. The molecule has 2 aliphatic rings. The molecule has 1 aromatic heterocycles. The number of carbonyl (C=O) groups excluding carboxylic acids is 2. The van der Waals surface area contributed by atoms with Gasteiger partial charge < -0.3 is 24.8 Å². The summed E-state index contributed by atoms with van der Waals surface area (Å²) in [5, 5.41) is 10.5. The van der Waals surface area contributed by atoms with E-state index in [1.807, 2.05) is 38.1 Å². The van der Waals surface area contributed by atoms with E-state index in [1.165, 1.54) is 33.5 Å². The Morgan fingerprint density at radius 2 is 1.71 bits per heavy atom. The predicted molar refractivity (Wildman–Crippen MR) is 180 cm³/mol. The van der Waals surface area contributed by atoms with Crippen molar-refractivity contribution in [2.24, 2.45) is 4.99 Å². The first-order valence-corrected chi connectivity index (χ1v) is 16.5. The number of carbonyl (C=O) groups is 2. The lowest BCUT2D eigenvalue weighted by atomic mass is 10.0. The Labute approximate surface area is 292 Å². The Morgan fingerprint density at radius 1 is 1.02 bits per heavy atom. The number of halogens is 5. The van der Waals surface area contributed by atoms with Crippen LogP contribution in [0.2, 0.25) is 0 Å². The molecule has 3 heterocycles. The molecule has 2 saturated heterocycles. The van der Waals surface area contributed by atoms with Crippen LogP contribution < -0.4 is 20.3 Å². The van der Waals surface area contributed by atoms with Crippen molar-refractivity contribution in [3.8, 4) is 22.8 Å². The van der Waals surface area contributed by atoms with Gasteiger partial charge in [-0.1, -0.05) is 43.8 Å². The normalized spacial score (nSPS) is 16.4. The van der Waals surface area contributed by atoms with Crippen molar-refractivity contribution in [2.45, 2.75) is 38.3 Å². The van der Waals surface area contributed by atoms with E-state index in [0.717, 1.165) is 17.7 Å². The fourth-order valence-electron chi connectivity index (χ4n) is 5.09. The van der Waals surface area contributed by atoms with Crippen molar-refractivity contribution in [3.63, 3.8) is 0 Å². The minimum Gasteiger partial charge on any atom is -0.426 e. The molecule has 0 unspecified atom stereocenters. The van der Waals surface area contributed by atoms with Crippen LogP contribution in [0.4, 0.5) is 44.1 Å². The number of para-hydroxylation sites is 1. The molecular formula is C33H30F5N7O5S. The monoisotopic (exact) mass is 731 g/mol. The fraction of sp³-hybridized carbons (Fsp3) is 0.303. The summed E-state index contributed by atoms with van der Waals surface area (Å²) in [5.41, 5.74) is 2.81. The number of anilines is 3. The third-order valence-corrected chi connectivity index (χ3v) is 8.46. The third kappa shape index (κ3) is 8.13. The van der Waals surface area contributed by atoms with Crippen molar-refractivity contribution in [2.75, 3.05) is 41.0 Å². The average molecular weight is 732 g/mol. The molecule has 12 nitrogen and oxygen atoms in total. The van der Waals surface area contributed by atoms with Crippen LogP contribution in [0.3, 0.4) is 0 Å². The number of nitrogens with one attached hydrogen (secondary N) is 2. The summed E-state index contributed by atoms with van der Waals surface area (Å²) in [6.07, 6.45) is -11.8. The van der Waals surface area contributed by atoms with E-state index in [0.29, 0.717) is 30.2 Å². The van der Waals surface area contributed by atoms with Gasteiger partial charge in [-0.15, -0.1) is 5.10 Å². The molecule has 3 aromatic carbocycles. The summed E-state index contributed by atoms with van der Waals surface area (Å²) in [5.74, 6) is -0.194. The second-order valence-electron chi connectivity index (χ2n) is 11.5. The first-order chi connectivity index (χ1) is 24.3. The fourth-order valence-corrected chi connectivity index (χ4v) is 5.95. The highest BCUT2D eigenvalue weighted by molar-refractivity contribution is 8.15. The number of hydrogen-bond acceptors (Lipinski definition) is 9. The van der Waals surface area contributed by atoms with Crippen LogP contribution in [0.25, 0.3) is 17.1 Å². The van der Waals surface area contributed by atoms with Crippen molar-refractivity contribution in [3.05, 3.63) is 78.4 Å². The van der Waals surface area contributed by atoms with Gasteiger partial charge in [-0.25, -0.2) is 4.79 Å². The van der Waals surface area contributed by atoms with Crippen molar-refractivity contribution in [1.29, 1.82) is 0 Å². The molecule has 4 aromatic rings. The van der Waals surface area contributed by atoms with E-state index < -0.39 is 30.4 Å². The maximum Gasteiger partial charge on any atom is 0.499 e. The van der Waals surface area contributed by atoms with Gasteiger partial charge in [-0.3, -0.25) is 9.69 Å². The quantitative estimate of drug-likeness (QED) is 0.165. The lowest BCUT2D eigenvalue weighted by molar-refractivity contribution is -0.360. The molecule has 0 atom stereocenters. The Kier molecular flexibility index (Phi) is 10.3. The lowest BCUT2D eigenvalue weighted by Gasteiger charge is -2.21. The van der Waals surface area contributed by atoms with Gasteiger partial charge in [0.25, 0.3) is 0 Å². The number of hydrogen-bond donors (Lipinski definition) is 2. The average Bonchev–Trinajstić information content (AvgIpc) is 3.84. The number of amidine groups is 1. The number of nitrogens with zero attached hydrogens (tertiary/aromatic N) is 5. The van der Waals surface area contributed by atoms with E-state index >= 15 is 0 Å². The van der Waals surface area contributed by atoms with Gasteiger partial charge in [0.15, 0.2) is 17.3 Å². The molecule has 0 bridgehead atoms. The van der Waals surface area contributed by atoms with Gasteiger partial charge in [-0.2, -0.15) is 36.6 Å². The van der Waals surface area contributed by atoms with E-state index in [2.05, 4.69) is 30.4 Å². The van der Waals surface area contributed by atoms with Crippen LogP contribution in [0.1, 0.15) is 25.3 Å². The molecule has 6 rings (SSSR count). The SMILES string of the molecule is CC(C)c1ccccc1N1C(=O)CS/C1=N\C(=O)Nc1ccc(-c2nc(NCC3OCCO3)n(-c3ccc(OC(F)(F)C(F)(F)F)cc3)n2)cc1. The maximum atomic E-state index is 13.4. The van der Waals surface area contributed by atoms with Crippen LogP contribution in [0.5, 0.6) is 5.75 Å². The van der Waals surface area contributed by atoms with Crippen LogP contribution in [-0.4, -0.2) is 76.0 Å². The van der Waals surface area contributed by atoms with Gasteiger partial charge in [0.05, 0.1) is 36.9 Å². The first-order valence-electron chi connectivity index (χ1n) is 15.5. The summed E-state index contributed by atoms with van der Waals surface area (Å²) >= 11 is 1.17. The summed E-state index contributed by atoms with van der Waals surface area (Å²) in [4.78, 5) is 35.9. The largest absolute Gasteiger partial charge is 0.499 e. The number of urea groups is 1. The molecule has 0 radical (unpaired) electrons. The van der Waals surface area contributed by atoms with Crippen molar-refractivity contribution in [1.82, 2.24) is 14.8 Å². The van der Waals surface area contributed by atoms with Gasteiger partial charge in [0, 0.05) is 11.3 Å². The van der Waals surface area contributed by atoms with Crippen molar-refractivity contribution >= 4 is 46.2 Å². The molecule has 2 N–H and O–H groups in total. The van der Waals surface area contributed by atoms with Gasteiger partial charge >= 0.3 is 18.3 Å². The Morgan fingerprint density at radius 3 is 2.37 bits per heavy atom. The zero-order chi connectivity index (χ0) is 36.3. The second kappa shape index (κ2) is 14.7. The molecule has 3 amide bonds. The Balaban J connectivity index is 1.19. The van der Waals surface area contributed by atoms with E-state index in [-0.39, 0.29) is 46.8 Å². The van der Waals surface area contributed by atoms with Crippen LogP contribution in [-0.2, 0) is 14.3 Å². The molecule has 2 fully saturated rings. The maximum absolute atomic E-state index is 13.4. The van der Waals surface area contributed by atoms with E-state index in [1.54, 1.807) is 24.3 Å². The van der Waals surface area contributed by atoms with E-state index in [4.69, 9.17) is 9.47 Å². The zero-order valence-corrected chi connectivity index (χ0v) is 27.8. The van der Waals surface area contributed by atoms with Gasteiger partial charge in [-0.05, 0) is 66.1 Å². The number of ether oxygens (including phenoxy) is 3. The smallest absolute Gasteiger partial charge is 0.426 e. The molecular weight excluding hydrogens is 701 g/mol. The number of rotatable bonds is 10. The summed E-state index contributed by atoms with van der Waals surface area (Å²) < 4.78 is 80.8. The summed E-state index contributed by atoms with van der Waals surface area (Å²) in [6, 6.07) is 17.7. The number of thioether (sulfide) groups is 1. The van der Waals surface area contributed by atoms with Crippen LogP contribution >= 0.6 is 11.8 Å². The highest BCUT2D eigenvalue weighted by Crippen LogP contribution is 2.38. The Bertz CT molecular complexity index is 1910. The molecule has 268 valence electrons. The zero-order valence-electron chi connectivity index (χ0n) is 27.0. The highest BCUT2D eigenvalue weighted by atomic mass is 32.2. The molecule has 18 heteroatoms. The standard InChI is InChI=1S/C33H30F5N7O5S/c1-19(2)24-5-3-4-6-25(24)44-26(46)18-51-31(44)42-30(47)40-21-9-7-20(8-10-21)28-41-29(39-17-27-48-15-16-49-27)45(43-28)22-11-13-23(14-12-22)50-33(37,38)32(34,35)36/h3-14,19,27H,15-18H2,1-2H3,(H,40,47)(H,39,41,43)/b42-31-. The predicted octanol–water partition coefficient (Wildman–Crippen LogP) is 7.04. The van der Waals surface area contributed by atoms with E-state index in [9.17, 15) is 31.5 Å². The topological polar surface area (TPSA) is 132 Å². The Hall–Kier alpha value is -5.07. The number of benzene rings is 3. The number of aromatic nitrogens is 3. The van der Waals surface area contributed by atoms with Crippen molar-refractivity contribution < 1.29 is 45.8 Å². The minimum atomic E-state index is -5.89. The molecule has 51 heavy (non-hydrogen) atoms. The van der Waals surface area contributed by atoms with Gasteiger partial charge in [0.2, 0.25) is 11.9 Å². The summed E-state index contributed by atoms with van der Waals surface area (Å²) in [7, 11) is 0. The highest BCUT2D eigenvalue weighted by Gasteiger charge is 2.61. The lowest BCUT2D eigenvalue weighted by Crippen LogP contribution is -2.41. The number of amides is 3. The summed E-state index contributed by atoms with van der Waals surface area (Å²) in [6.45, 7) is 5.02. The first kappa shape index (κ1) is 35.7. The van der Waals surface area contributed by atoms with Gasteiger partial charge in [0.1, 0.15) is 5.75 Å². The minimum absolute atomic E-state index is 0.138.